The molecule has 82 valence electrons. The van der Waals surface area contributed by atoms with Crippen LogP contribution in [-0.2, 0) is 0 Å². The molecule has 0 aromatic heterocycles. The van der Waals surface area contributed by atoms with Crippen molar-refractivity contribution in [2.24, 2.45) is 0 Å². The van der Waals surface area contributed by atoms with Gasteiger partial charge in [-0.05, 0) is 52.3 Å². The molecule has 0 aliphatic heterocycles. The van der Waals surface area contributed by atoms with Crippen molar-refractivity contribution in [3.05, 3.63) is 53.0 Å². The molecule has 3 heteroatoms. The van der Waals surface area contributed by atoms with E-state index in [1.807, 2.05) is 55.6 Å². The first-order valence-electron chi connectivity index (χ1n) is 5.09. The number of hydrogen-bond donors (Lipinski definition) is 2. The van der Waals surface area contributed by atoms with E-state index in [-0.39, 0.29) is 0 Å². The Morgan fingerprint density at radius 3 is 2.12 bits per heavy atom. The molecule has 0 amide bonds. The summed E-state index contributed by atoms with van der Waals surface area (Å²) >= 11 is 3.51. The third kappa shape index (κ3) is 2.55. The Morgan fingerprint density at radius 2 is 1.50 bits per heavy atom. The lowest BCUT2D eigenvalue weighted by atomic mass is 10.2. The van der Waals surface area contributed by atoms with Crippen molar-refractivity contribution in [3.63, 3.8) is 0 Å². The maximum absolute atomic E-state index is 3.51. The van der Waals surface area contributed by atoms with Crippen LogP contribution in [0.5, 0.6) is 0 Å². The monoisotopic (exact) mass is 276 g/mol. The van der Waals surface area contributed by atoms with Crippen LogP contribution in [0.25, 0.3) is 0 Å². The lowest BCUT2D eigenvalue weighted by Gasteiger charge is -2.09. The van der Waals surface area contributed by atoms with Crippen molar-refractivity contribution in [2.75, 3.05) is 17.7 Å². The minimum Gasteiger partial charge on any atom is -0.388 e. The molecule has 0 saturated carbocycles. The van der Waals surface area contributed by atoms with Gasteiger partial charge in [0.2, 0.25) is 0 Å². The Bertz CT molecular complexity index is 466. The molecule has 16 heavy (non-hydrogen) atoms. The summed E-state index contributed by atoms with van der Waals surface area (Å²) in [7, 11) is 1.91. The van der Waals surface area contributed by atoms with Crippen LogP contribution in [0.1, 0.15) is 0 Å². The van der Waals surface area contributed by atoms with Crippen molar-refractivity contribution in [1.82, 2.24) is 0 Å². The van der Waals surface area contributed by atoms with Gasteiger partial charge in [-0.2, -0.15) is 0 Å². The molecule has 0 radical (unpaired) electrons. The van der Waals surface area contributed by atoms with Crippen LogP contribution in [0.2, 0.25) is 0 Å². The minimum absolute atomic E-state index is 1.06. The molecule has 0 fully saturated rings. The van der Waals surface area contributed by atoms with Crippen LogP contribution >= 0.6 is 15.9 Å². The number of hydrogen-bond acceptors (Lipinski definition) is 2. The highest BCUT2D eigenvalue weighted by atomic mass is 79.9. The van der Waals surface area contributed by atoms with Gasteiger partial charge in [-0.25, -0.2) is 0 Å². The first-order valence-corrected chi connectivity index (χ1v) is 5.88. The molecule has 0 bridgehead atoms. The highest BCUT2D eigenvalue weighted by molar-refractivity contribution is 9.10. The predicted octanol–water partition coefficient (Wildman–Crippen LogP) is 4.23. The van der Waals surface area contributed by atoms with Crippen molar-refractivity contribution >= 4 is 33.0 Å². The third-order valence-corrected chi connectivity index (χ3v) is 3.02. The number of nitrogens with one attached hydrogen (secondary N) is 2. The average molecular weight is 277 g/mol. The van der Waals surface area contributed by atoms with E-state index in [0.29, 0.717) is 0 Å². The Balaban J connectivity index is 2.18. The summed E-state index contributed by atoms with van der Waals surface area (Å²) in [5, 5.41) is 6.44. The fraction of sp³-hybridized carbons (Fsp3) is 0.0769. The molecule has 2 aromatic carbocycles. The maximum Gasteiger partial charge on any atom is 0.0528 e. The third-order valence-electron chi connectivity index (χ3n) is 2.33. The minimum atomic E-state index is 1.06. The molecule has 0 atom stereocenters. The fourth-order valence-electron chi connectivity index (χ4n) is 1.44. The second-order valence-corrected chi connectivity index (χ2v) is 4.29. The average Bonchev–Trinajstić information content (AvgIpc) is 2.33. The van der Waals surface area contributed by atoms with Crippen LogP contribution < -0.4 is 10.6 Å². The molecule has 0 spiro atoms. The molecule has 0 aliphatic carbocycles. The van der Waals surface area contributed by atoms with Crippen molar-refractivity contribution in [3.8, 4) is 0 Å². The van der Waals surface area contributed by atoms with Gasteiger partial charge in [0.1, 0.15) is 0 Å². The summed E-state index contributed by atoms with van der Waals surface area (Å²) in [5.41, 5.74) is 3.25. The molecule has 0 heterocycles. The Morgan fingerprint density at radius 1 is 0.875 bits per heavy atom. The summed E-state index contributed by atoms with van der Waals surface area (Å²) in [4.78, 5) is 0. The fourth-order valence-corrected chi connectivity index (χ4v) is 1.82. The topological polar surface area (TPSA) is 24.1 Å². The second kappa shape index (κ2) is 5.03. The summed E-state index contributed by atoms with van der Waals surface area (Å²) in [6, 6.07) is 16.2. The maximum atomic E-state index is 3.51. The van der Waals surface area contributed by atoms with Gasteiger partial charge in [-0.15, -0.1) is 0 Å². The van der Waals surface area contributed by atoms with Crippen molar-refractivity contribution in [2.45, 2.75) is 0 Å². The summed E-state index contributed by atoms with van der Waals surface area (Å²) < 4.78 is 1.06. The molecule has 0 saturated heterocycles. The summed E-state index contributed by atoms with van der Waals surface area (Å²) in [5.74, 6) is 0. The molecular weight excluding hydrogens is 264 g/mol. The molecule has 0 aliphatic rings. The van der Waals surface area contributed by atoms with Crippen LogP contribution in [0.3, 0.4) is 0 Å². The molecular formula is C13H13BrN2. The Labute approximate surface area is 104 Å². The van der Waals surface area contributed by atoms with E-state index in [9.17, 15) is 0 Å². The van der Waals surface area contributed by atoms with E-state index in [2.05, 4.69) is 26.6 Å². The van der Waals surface area contributed by atoms with Crippen LogP contribution in [-0.4, -0.2) is 7.05 Å². The Hall–Kier alpha value is -1.48. The smallest absolute Gasteiger partial charge is 0.0528 e. The SMILES string of the molecule is CNc1ccc(Nc2ccccc2Br)cc1. The lowest BCUT2D eigenvalue weighted by molar-refractivity contribution is 1.48. The first kappa shape index (κ1) is 11.0. The Kier molecular flexibility index (Phi) is 3.47. The van der Waals surface area contributed by atoms with Crippen LogP contribution in [0.4, 0.5) is 17.1 Å². The zero-order valence-electron chi connectivity index (χ0n) is 9.00. The molecule has 2 nitrogen and oxygen atoms in total. The number of halogens is 1. The highest BCUT2D eigenvalue weighted by Gasteiger charge is 1.98. The molecule has 2 rings (SSSR count). The van der Waals surface area contributed by atoms with Crippen LogP contribution in [0.15, 0.2) is 53.0 Å². The standard InChI is InChI=1S/C13H13BrN2/c1-15-10-6-8-11(9-7-10)16-13-5-3-2-4-12(13)14/h2-9,15-16H,1H3. The van der Waals surface area contributed by atoms with E-state index in [1.165, 1.54) is 0 Å². The van der Waals surface area contributed by atoms with E-state index in [0.717, 1.165) is 21.5 Å². The van der Waals surface area contributed by atoms with E-state index in [4.69, 9.17) is 0 Å². The molecule has 2 N–H and O–H groups in total. The van der Waals surface area contributed by atoms with Gasteiger partial charge >= 0.3 is 0 Å². The normalized spacial score (nSPS) is 9.88. The van der Waals surface area contributed by atoms with Gasteiger partial charge in [0.15, 0.2) is 0 Å². The number of rotatable bonds is 3. The van der Waals surface area contributed by atoms with E-state index < -0.39 is 0 Å². The predicted molar refractivity (Wildman–Crippen MR) is 73.4 cm³/mol. The number of para-hydroxylation sites is 1. The van der Waals surface area contributed by atoms with Gasteiger partial charge in [0.05, 0.1) is 5.69 Å². The van der Waals surface area contributed by atoms with Crippen molar-refractivity contribution in [1.29, 1.82) is 0 Å². The summed E-state index contributed by atoms with van der Waals surface area (Å²) in [6.07, 6.45) is 0. The van der Waals surface area contributed by atoms with Gasteiger partial charge in [-0.3, -0.25) is 0 Å². The van der Waals surface area contributed by atoms with Gasteiger partial charge in [0, 0.05) is 22.9 Å². The lowest BCUT2D eigenvalue weighted by Crippen LogP contribution is -1.92. The zero-order chi connectivity index (χ0) is 11.4. The number of anilines is 3. The largest absolute Gasteiger partial charge is 0.388 e. The zero-order valence-corrected chi connectivity index (χ0v) is 10.6. The van der Waals surface area contributed by atoms with Crippen molar-refractivity contribution < 1.29 is 0 Å². The first-order chi connectivity index (χ1) is 7.79. The van der Waals surface area contributed by atoms with Gasteiger partial charge in [-0.1, -0.05) is 12.1 Å². The molecule has 2 aromatic rings. The summed E-state index contributed by atoms with van der Waals surface area (Å²) in [6.45, 7) is 0. The number of benzene rings is 2. The molecule has 0 unspecified atom stereocenters. The van der Waals surface area contributed by atoms with Gasteiger partial charge in [0.25, 0.3) is 0 Å². The highest BCUT2D eigenvalue weighted by Crippen LogP contribution is 2.25. The quantitative estimate of drug-likeness (QED) is 0.877. The van der Waals surface area contributed by atoms with E-state index >= 15 is 0 Å². The van der Waals surface area contributed by atoms with Gasteiger partial charge < -0.3 is 10.6 Å². The van der Waals surface area contributed by atoms with E-state index in [1.54, 1.807) is 0 Å². The second-order valence-electron chi connectivity index (χ2n) is 3.43. The van der Waals surface area contributed by atoms with Crippen LogP contribution in [0, 0.1) is 0 Å².